The van der Waals surface area contributed by atoms with E-state index in [1.807, 2.05) is 6.07 Å². The molecule has 1 fully saturated rings. The van der Waals surface area contributed by atoms with Crippen molar-refractivity contribution in [1.29, 1.82) is 0 Å². The number of piperazine rings is 1. The number of benzene rings is 1. The molecule has 0 bridgehead atoms. The van der Waals surface area contributed by atoms with Crippen molar-refractivity contribution in [3.05, 3.63) is 59.9 Å². The Bertz CT molecular complexity index is 481. The van der Waals surface area contributed by atoms with Gasteiger partial charge in [0.05, 0.1) is 11.7 Å². The molecule has 1 atom stereocenters. The van der Waals surface area contributed by atoms with Crippen molar-refractivity contribution in [3.8, 4) is 0 Å². The summed E-state index contributed by atoms with van der Waals surface area (Å²) in [5.41, 5.74) is 2.32. The highest BCUT2D eigenvalue weighted by molar-refractivity contribution is 5.27. The Labute approximate surface area is 120 Å². The van der Waals surface area contributed by atoms with Gasteiger partial charge in [0.15, 0.2) is 0 Å². The van der Waals surface area contributed by atoms with Crippen molar-refractivity contribution >= 4 is 0 Å². The molecule has 0 saturated carbocycles. The predicted octanol–water partition coefficient (Wildman–Crippen LogP) is 1.81. The highest BCUT2D eigenvalue weighted by Crippen LogP contribution is 2.27. The summed E-state index contributed by atoms with van der Waals surface area (Å²) in [6, 6.07) is 14.8. The molecule has 2 aromatic rings. The second-order valence-corrected chi connectivity index (χ2v) is 5.30. The van der Waals surface area contributed by atoms with Gasteiger partial charge in [0.25, 0.3) is 0 Å². The van der Waals surface area contributed by atoms with Gasteiger partial charge in [-0.25, -0.2) is 0 Å². The second-order valence-electron chi connectivity index (χ2n) is 5.30. The third-order valence-corrected chi connectivity index (χ3v) is 3.89. The lowest BCUT2D eigenvalue weighted by Gasteiger charge is -2.37. The van der Waals surface area contributed by atoms with Crippen LogP contribution in [0, 0.1) is 0 Å². The normalized spacial score (nSPS) is 18.9. The largest absolute Gasteiger partial charge is 0.304 e. The molecular formula is C16H20N4. The minimum absolute atomic E-state index is 0.207. The van der Waals surface area contributed by atoms with Gasteiger partial charge in [0.1, 0.15) is 0 Å². The third kappa shape index (κ3) is 2.86. The van der Waals surface area contributed by atoms with Crippen LogP contribution in [0.1, 0.15) is 17.3 Å². The SMILES string of the molecule is CN1CCN(C(c2ccccc2)c2cccnn2)CC1. The monoisotopic (exact) mass is 268 g/mol. The first-order chi connectivity index (χ1) is 9.84. The third-order valence-electron chi connectivity index (χ3n) is 3.89. The highest BCUT2D eigenvalue weighted by atomic mass is 15.3. The van der Waals surface area contributed by atoms with E-state index < -0.39 is 0 Å². The summed E-state index contributed by atoms with van der Waals surface area (Å²) >= 11 is 0. The van der Waals surface area contributed by atoms with Gasteiger partial charge >= 0.3 is 0 Å². The molecule has 1 unspecified atom stereocenters. The first kappa shape index (κ1) is 13.2. The van der Waals surface area contributed by atoms with Crippen LogP contribution in [-0.2, 0) is 0 Å². The van der Waals surface area contributed by atoms with Gasteiger partial charge in [-0.1, -0.05) is 30.3 Å². The second kappa shape index (κ2) is 6.11. The van der Waals surface area contributed by atoms with E-state index >= 15 is 0 Å². The zero-order valence-corrected chi connectivity index (χ0v) is 11.8. The zero-order valence-electron chi connectivity index (χ0n) is 11.8. The molecule has 1 aromatic carbocycles. The smallest absolute Gasteiger partial charge is 0.0848 e. The van der Waals surface area contributed by atoms with E-state index in [1.165, 1.54) is 5.56 Å². The summed E-state index contributed by atoms with van der Waals surface area (Å²) in [5, 5.41) is 8.40. The van der Waals surface area contributed by atoms with E-state index in [-0.39, 0.29) is 6.04 Å². The molecule has 20 heavy (non-hydrogen) atoms. The number of hydrogen-bond acceptors (Lipinski definition) is 4. The Morgan fingerprint density at radius 2 is 1.70 bits per heavy atom. The number of aromatic nitrogens is 2. The van der Waals surface area contributed by atoms with Crippen molar-refractivity contribution < 1.29 is 0 Å². The van der Waals surface area contributed by atoms with E-state index in [0.29, 0.717) is 0 Å². The fourth-order valence-corrected chi connectivity index (χ4v) is 2.74. The molecule has 4 nitrogen and oxygen atoms in total. The summed E-state index contributed by atoms with van der Waals surface area (Å²) in [6.07, 6.45) is 1.73. The predicted molar refractivity (Wildman–Crippen MR) is 79.4 cm³/mol. The molecule has 0 spiro atoms. The average molecular weight is 268 g/mol. The first-order valence-electron chi connectivity index (χ1n) is 7.10. The molecule has 1 saturated heterocycles. The maximum atomic E-state index is 4.34. The van der Waals surface area contributed by atoms with Crippen LogP contribution in [0.15, 0.2) is 48.7 Å². The van der Waals surface area contributed by atoms with Crippen molar-refractivity contribution in [2.24, 2.45) is 0 Å². The van der Waals surface area contributed by atoms with Gasteiger partial charge in [-0.05, 0) is 24.7 Å². The van der Waals surface area contributed by atoms with Crippen LogP contribution in [0.2, 0.25) is 0 Å². The number of nitrogens with zero attached hydrogens (tertiary/aromatic N) is 4. The van der Waals surface area contributed by atoms with Crippen LogP contribution in [0.4, 0.5) is 0 Å². The first-order valence-corrected chi connectivity index (χ1v) is 7.10. The van der Waals surface area contributed by atoms with Gasteiger partial charge < -0.3 is 4.90 Å². The fraction of sp³-hybridized carbons (Fsp3) is 0.375. The summed E-state index contributed by atoms with van der Waals surface area (Å²) in [7, 11) is 2.18. The summed E-state index contributed by atoms with van der Waals surface area (Å²) in [6.45, 7) is 4.33. The van der Waals surface area contributed by atoms with Gasteiger partial charge in [-0.15, -0.1) is 0 Å². The van der Waals surface area contributed by atoms with E-state index in [9.17, 15) is 0 Å². The molecule has 1 aliphatic rings. The van der Waals surface area contributed by atoms with Crippen molar-refractivity contribution in [3.63, 3.8) is 0 Å². The Morgan fingerprint density at radius 1 is 0.950 bits per heavy atom. The number of likely N-dealkylation sites (N-methyl/N-ethyl adjacent to an activating group) is 1. The Morgan fingerprint density at radius 3 is 2.35 bits per heavy atom. The van der Waals surface area contributed by atoms with E-state index in [1.54, 1.807) is 6.20 Å². The molecule has 0 amide bonds. The summed E-state index contributed by atoms with van der Waals surface area (Å²) in [4.78, 5) is 4.87. The zero-order chi connectivity index (χ0) is 13.8. The molecule has 0 aliphatic carbocycles. The summed E-state index contributed by atoms with van der Waals surface area (Å²) in [5.74, 6) is 0. The van der Waals surface area contributed by atoms with Crippen LogP contribution < -0.4 is 0 Å². The maximum absolute atomic E-state index is 4.34. The number of hydrogen-bond donors (Lipinski definition) is 0. The van der Waals surface area contributed by atoms with Gasteiger partial charge in [0.2, 0.25) is 0 Å². The molecular weight excluding hydrogens is 248 g/mol. The lowest BCUT2D eigenvalue weighted by molar-refractivity contribution is 0.125. The van der Waals surface area contributed by atoms with Gasteiger partial charge in [-0.3, -0.25) is 4.90 Å². The highest BCUT2D eigenvalue weighted by Gasteiger charge is 2.26. The van der Waals surface area contributed by atoms with Crippen LogP contribution in [0.3, 0.4) is 0 Å². The van der Waals surface area contributed by atoms with E-state index in [2.05, 4.69) is 63.4 Å². The Hall–Kier alpha value is -1.78. The Kier molecular flexibility index (Phi) is 4.04. The number of rotatable bonds is 3. The topological polar surface area (TPSA) is 32.3 Å². The standard InChI is InChI=1S/C16H20N4/c1-19-10-12-20(13-11-19)16(14-6-3-2-4-7-14)15-8-5-9-17-18-15/h2-9,16H,10-13H2,1H3. The van der Waals surface area contributed by atoms with Crippen LogP contribution in [-0.4, -0.2) is 53.2 Å². The van der Waals surface area contributed by atoms with Crippen LogP contribution in [0.5, 0.6) is 0 Å². The lowest BCUT2D eigenvalue weighted by Crippen LogP contribution is -2.46. The molecule has 104 valence electrons. The molecule has 1 aromatic heterocycles. The minimum Gasteiger partial charge on any atom is -0.304 e. The van der Waals surface area contributed by atoms with Crippen LogP contribution >= 0.6 is 0 Å². The van der Waals surface area contributed by atoms with Crippen molar-refractivity contribution in [2.75, 3.05) is 33.2 Å². The summed E-state index contributed by atoms with van der Waals surface area (Å²) < 4.78 is 0. The minimum atomic E-state index is 0.207. The van der Waals surface area contributed by atoms with Gasteiger partial charge in [-0.2, -0.15) is 10.2 Å². The molecule has 0 N–H and O–H groups in total. The van der Waals surface area contributed by atoms with Gasteiger partial charge in [0, 0.05) is 32.4 Å². The van der Waals surface area contributed by atoms with E-state index in [0.717, 1.165) is 31.9 Å². The van der Waals surface area contributed by atoms with E-state index in [4.69, 9.17) is 0 Å². The molecule has 0 radical (unpaired) electrons. The molecule has 2 heterocycles. The van der Waals surface area contributed by atoms with Crippen molar-refractivity contribution in [1.82, 2.24) is 20.0 Å². The quantitative estimate of drug-likeness (QED) is 0.850. The molecule has 3 rings (SSSR count). The average Bonchev–Trinajstić information content (AvgIpc) is 2.52. The van der Waals surface area contributed by atoms with Crippen molar-refractivity contribution in [2.45, 2.75) is 6.04 Å². The molecule has 1 aliphatic heterocycles. The Balaban J connectivity index is 1.92. The molecule has 4 heteroatoms. The van der Waals surface area contributed by atoms with Crippen LogP contribution in [0.25, 0.3) is 0 Å². The maximum Gasteiger partial charge on any atom is 0.0848 e. The lowest BCUT2D eigenvalue weighted by atomic mass is 10.0. The fourth-order valence-electron chi connectivity index (χ4n) is 2.74.